The van der Waals surface area contributed by atoms with E-state index in [-0.39, 0.29) is 23.9 Å². The number of nitrogens with one attached hydrogen (secondary N) is 1. The summed E-state index contributed by atoms with van der Waals surface area (Å²) < 4.78 is 40.4. The van der Waals surface area contributed by atoms with Crippen LogP contribution in [0.1, 0.15) is 51.4 Å². The monoisotopic (exact) mass is 506 g/mol. The average Bonchev–Trinajstić information content (AvgIpc) is 3.09. The number of nitrogens with zero attached hydrogens (tertiary/aromatic N) is 3. The maximum atomic E-state index is 13.2. The molecule has 3 heterocycles. The van der Waals surface area contributed by atoms with Crippen LogP contribution in [0.2, 0.25) is 0 Å². The summed E-state index contributed by atoms with van der Waals surface area (Å²) in [7, 11) is -3.70. The molecule has 5 rings (SSSR count). The van der Waals surface area contributed by atoms with E-state index in [4.69, 9.17) is 4.84 Å². The fraction of sp³-hybridized carbons (Fsp3) is 0.640. The molecule has 4 aliphatic rings. The summed E-state index contributed by atoms with van der Waals surface area (Å²) in [6.07, 6.45) is 10.5. The zero-order chi connectivity index (χ0) is 24.5. The highest BCUT2D eigenvalue weighted by Gasteiger charge is 2.43. The van der Waals surface area contributed by atoms with Crippen molar-refractivity contribution in [1.82, 2.24) is 19.6 Å². The van der Waals surface area contributed by atoms with E-state index >= 15 is 0 Å². The van der Waals surface area contributed by atoms with Crippen molar-refractivity contribution in [2.75, 3.05) is 39.3 Å². The minimum Gasteiger partial charge on any atom is -0.335 e. The third-order valence-corrected chi connectivity index (χ3v) is 9.88. The smallest absolute Gasteiger partial charge is 0.272 e. The Morgan fingerprint density at radius 3 is 2.20 bits per heavy atom. The lowest BCUT2D eigenvalue weighted by Crippen LogP contribution is -2.52. The van der Waals surface area contributed by atoms with Crippen LogP contribution in [0.25, 0.3) is 0 Å². The number of benzene rings is 1. The van der Waals surface area contributed by atoms with Crippen LogP contribution in [0, 0.1) is 5.82 Å². The Morgan fingerprint density at radius 2 is 1.57 bits per heavy atom. The summed E-state index contributed by atoms with van der Waals surface area (Å²) in [5.74, 6) is -0.524. The van der Waals surface area contributed by atoms with Crippen LogP contribution < -0.4 is 5.48 Å². The van der Waals surface area contributed by atoms with Crippen LogP contribution in [-0.4, -0.2) is 79.3 Å². The topological polar surface area (TPSA) is 82.2 Å². The minimum absolute atomic E-state index is 0.0521. The standard InChI is InChI=1S/C25H35FN4O4S/c26-20-7-9-22(10-8-20)35(32,33)30-13-11-25(12-14-30)19-23(27-34-25)24(31)29-17-15-28(16-18-29)21-5-3-1-2-4-6-21/h7-10,19,21,27H,1-6,11-18H2. The Hall–Kier alpha value is -2.01. The van der Waals surface area contributed by atoms with E-state index in [0.29, 0.717) is 37.7 Å². The van der Waals surface area contributed by atoms with Crippen LogP contribution >= 0.6 is 0 Å². The van der Waals surface area contributed by atoms with E-state index in [0.717, 1.165) is 25.2 Å². The second-order valence-electron chi connectivity index (χ2n) is 10.2. The van der Waals surface area contributed by atoms with Crippen molar-refractivity contribution >= 4 is 15.9 Å². The summed E-state index contributed by atoms with van der Waals surface area (Å²) in [6.45, 7) is 3.77. The zero-order valence-electron chi connectivity index (χ0n) is 20.1. The highest BCUT2D eigenvalue weighted by Crippen LogP contribution is 2.34. The second-order valence-corrected chi connectivity index (χ2v) is 12.1. The molecule has 1 aromatic rings. The molecule has 0 aromatic heterocycles. The second kappa shape index (κ2) is 10.2. The van der Waals surface area contributed by atoms with Gasteiger partial charge in [-0.1, -0.05) is 25.7 Å². The highest BCUT2D eigenvalue weighted by molar-refractivity contribution is 7.89. The maximum Gasteiger partial charge on any atom is 0.272 e. The van der Waals surface area contributed by atoms with Gasteiger partial charge in [0.2, 0.25) is 10.0 Å². The normalized spacial score (nSPS) is 24.7. The molecule has 1 saturated carbocycles. The van der Waals surface area contributed by atoms with Gasteiger partial charge in [0, 0.05) is 45.3 Å². The van der Waals surface area contributed by atoms with Crippen molar-refractivity contribution in [3.05, 3.63) is 41.9 Å². The van der Waals surface area contributed by atoms with Crippen LogP contribution in [0.4, 0.5) is 4.39 Å². The van der Waals surface area contributed by atoms with E-state index < -0.39 is 21.4 Å². The molecule has 1 spiro atoms. The minimum atomic E-state index is -3.70. The van der Waals surface area contributed by atoms with Gasteiger partial charge in [0.05, 0.1) is 4.90 Å². The predicted octanol–water partition coefficient (Wildman–Crippen LogP) is 2.63. The van der Waals surface area contributed by atoms with Gasteiger partial charge in [-0.05, 0) is 56.0 Å². The Kier molecular flexibility index (Phi) is 7.16. The third-order valence-electron chi connectivity index (χ3n) is 7.96. The number of hydrogen-bond donors (Lipinski definition) is 1. The van der Waals surface area contributed by atoms with Crippen LogP contribution in [-0.2, 0) is 19.7 Å². The first-order chi connectivity index (χ1) is 16.9. The Balaban J connectivity index is 1.16. The summed E-state index contributed by atoms with van der Waals surface area (Å²) in [5.41, 5.74) is 2.59. The molecule has 8 nitrogen and oxygen atoms in total. The van der Waals surface area contributed by atoms with Gasteiger partial charge in [-0.3, -0.25) is 20.0 Å². The molecular weight excluding hydrogens is 471 g/mol. The number of hydroxylamine groups is 1. The number of carbonyl (C=O) groups excluding carboxylic acids is 1. The molecule has 3 aliphatic heterocycles. The van der Waals surface area contributed by atoms with Gasteiger partial charge in [-0.15, -0.1) is 0 Å². The van der Waals surface area contributed by atoms with Crippen molar-refractivity contribution in [3.8, 4) is 0 Å². The number of piperidine rings is 1. The Labute approximate surface area is 207 Å². The molecular formula is C25H35FN4O4S. The maximum absolute atomic E-state index is 13.2. The van der Waals surface area contributed by atoms with Crippen molar-refractivity contribution in [1.29, 1.82) is 0 Å². The molecule has 0 atom stereocenters. The molecule has 1 aliphatic carbocycles. The number of halogens is 1. The van der Waals surface area contributed by atoms with Crippen LogP contribution in [0.5, 0.6) is 0 Å². The number of sulfonamides is 1. The lowest BCUT2D eigenvalue weighted by atomic mass is 9.92. The third kappa shape index (κ3) is 5.26. The molecule has 1 amide bonds. The summed E-state index contributed by atoms with van der Waals surface area (Å²) >= 11 is 0. The van der Waals surface area contributed by atoms with Crippen molar-refractivity contribution in [2.45, 2.75) is 67.9 Å². The van der Waals surface area contributed by atoms with Crippen molar-refractivity contribution < 1.29 is 22.4 Å². The van der Waals surface area contributed by atoms with Gasteiger partial charge in [-0.25, -0.2) is 12.8 Å². The zero-order valence-corrected chi connectivity index (χ0v) is 20.9. The first-order valence-corrected chi connectivity index (χ1v) is 14.3. The molecule has 0 unspecified atom stereocenters. The molecule has 1 aromatic carbocycles. The Morgan fingerprint density at radius 1 is 0.943 bits per heavy atom. The van der Waals surface area contributed by atoms with Crippen LogP contribution in [0.3, 0.4) is 0 Å². The van der Waals surface area contributed by atoms with E-state index in [1.807, 2.05) is 11.0 Å². The lowest BCUT2D eigenvalue weighted by Gasteiger charge is -2.39. The predicted molar refractivity (Wildman–Crippen MR) is 129 cm³/mol. The number of rotatable bonds is 4. The Bertz CT molecular complexity index is 1040. The first-order valence-electron chi connectivity index (χ1n) is 12.8. The van der Waals surface area contributed by atoms with Gasteiger partial charge < -0.3 is 4.90 Å². The number of piperazine rings is 1. The molecule has 35 heavy (non-hydrogen) atoms. The van der Waals surface area contributed by atoms with Gasteiger partial charge in [-0.2, -0.15) is 4.31 Å². The fourth-order valence-corrected chi connectivity index (χ4v) is 7.22. The molecule has 1 N–H and O–H groups in total. The van der Waals surface area contributed by atoms with Gasteiger partial charge >= 0.3 is 0 Å². The van der Waals surface area contributed by atoms with E-state index in [9.17, 15) is 17.6 Å². The quantitative estimate of drug-likeness (QED) is 0.633. The fourth-order valence-electron chi connectivity index (χ4n) is 5.77. The van der Waals surface area contributed by atoms with E-state index in [1.54, 1.807) is 0 Å². The molecule has 3 fully saturated rings. The summed E-state index contributed by atoms with van der Waals surface area (Å²) in [5, 5.41) is 0. The highest BCUT2D eigenvalue weighted by atomic mass is 32.2. The molecule has 2 saturated heterocycles. The number of amides is 1. The number of carbonyl (C=O) groups is 1. The number of hydrogen-bond acceptors (Lipinski definition) is 6. The van der Waals surface area contributed by atoms with Crippen molar-refractivity contribution in [3.63, 3.8) is 0 Å². The molecule has 192 valence electrons. The molecule has 0 radical (unpaired) electrons. The molecule has 0 bridgehead atoms. The summed E-state index contributed by atoms with van der Waals surface area (Å²) in [4.78, 5) is 23.5. The van der Waals surface area contributed by atoms with Gasteiger partial charge in [0.25, 0.3) is 5.91 Å². The largest absolute Gasteiger partial charge is 0.335 e. The average molecular weight is 507 g/mol. The van der Waals surface area contributed by atoms with Gasteiger partial charge in [0.15, 0.2) is 0 Å². The van der Waals surface area contributed by atoms with Crippen molar-refractivity contribution in [2.24, 2.45) is 0 Å². The van der Waals surface area contributed by atoms with E-state index in [2.05, 4.69) is 10.4 Å². The summed E-state index contributed by atoms with van der Waals surface area (Å²) in [6, 6.07) is 5.53. The van der Waals surface area contributed by atoms with Crippen LogP contribution in [0.15, 0.2) is 40.9 Å². The lowest BCUT2D eigenvalue weighted by molar-refractivity contribution is -0.131. The first kappa shape index (κ1) is 24.7. The SMILES string of the molecule is O=C(C1=CC2(CCN(S(=O)(=O)c3ccc(F)cc3)CC2)ON1)N1CCN(C2CCCCCC2)CC1. The molecule has 10 heteroatoms. The van der Waals surface area contributed by atoms with Gasteiger partial charge in [0.1, 0.15) is 17.1 Å². The van der Waals surface area contributed by atoms with E-state index in [1.165, 1.54) is 55.0 Å².